The summed E-state index contributed by atoms with van der Waals surface area (Å²) in [6.45, 7) is 3.48. The van der Waals surface area contributed by atoms with Crippen LogP contribution in [0.25, 0.3) is 0 Å². The van der Waals surface area contributed by atoms with Crippen LogP contribution in [0.4, 0.5) is 4.39 Å². The molecule has 94 valence electrons. The lowest BCUT2D eigenvalue weighted by atomic mass is 9.87. The highest BCUT2D eigenvalue weighted by Gasteiger charge is 2.28. The van der Waals surface area contributed by atoms with Gasteiger partial charge in [0.25, 0.3) is 0 Å². The van der Waals surface area contributed by atoms with E-state index in [1.165, 1.54) is 6.07 Å². The van der Waals surface area contributed by atoms with Crippen LogP contribution in [0.2, 0.25) is 0 Å². The minimum atomic E-state index is -1.35. The zero-order chi connectivity index (χ0) is 13.3. The number of benzene rings is 2. The normalized spacial score (nSPS) is 14.3. The zero-order valence-electron chi connectivity index (χ0n) is 10.2. The van der Waals surface area contributed by atoms with Crippen molar-refractivity contribution in [3.05, 3.63) is 69.4 Å². The summed E-state index contributed by atoms with van der Waals surface area (Å²) in [5, 5.41) is 10.6. The summed E-state index contributed by atoms with van der Waals surface area (Å²) >= 11 is 3.36. The molecule has 2 rings (SSSR count). The Hall–Kier alpha value is -1.19. The molecular weight excluding hydrogens is 295 g/mol. The second-order valence-electron chi connectivity index (χ2n) is 4.57. The van der Waals surface area contributed by atoms with E-state index in [1.54, 1.807) is 31.2 Å². The summed E-state index contributed by atoms with van der Waals surface area (Å²) < 4.78 is 14.7. The number of aliphatic hydroxyl groups is 1. The largest absolute Gasteiger partial charge is 0.381 e. The molecule has 0 aliphatic rings. The van der Waals surface area contributed by atoms with Crippen molar-refractivity contribution in [2.24, 2.45) is 0 Å². The van der Waals surface area contributed by atoms with Crippen LogP contribution in [0, 0.1) is 12.7 Å². The topological polar surface area (TPSA) is 20.2 Å². The average molecular weight is 309 g/mol. The fourth-order valence-corrected chi connectivity index (χ4v) is 2.36. The van der Waals surface area contributed by atoms with Gasteiger partial charge in [0.2, 0.25) is 0 Å². The highest BCUT2D eigenvalue weighted by molar-refractivity contribution is 9.10. The van der Waals surface area contributed by atoms with Gasteiger partial charge < -0.3 is 5.11 Å². The van der Waals surface area contributed by atoms with E-state index in [0.29, 0.717) is 11.1 Å². The van der Waals surface area contributed by atoms with Gasteiger partial charge in [0.05, 0.1) is 0 Å². The molecule has 0 saturated heterocycles. The van der Waals surface area contributed by atoms with Gasteiger partial charge in [0, 0.05) is 10.0 Å². The summed E-state index contributed by atoms with van der Waals surface area (Å²) in [5.74, 6) is -0.398. The van der Waals surface area contributed by atoms with Gasteiger partial charge in [-0.15, -0.1) is 0 Å². The Morgan fingerprint density at radius 3 is 2.56 bits per heavy atom. The van der Waals surface area contributed by atoms with Crippen molar-refractivity contribution in [2.45, 2.75) is 19.4 Å². The molecule has 1 N–H and O–H groups in total. The quantitative estimate of drug-likeness (QED) is 0.883. The Kier molecular flexibility index (Phi) is 3.55. The number of hydrogen-bond donors (Lipinski definition) is 1. The maximum Gasteiger partial charge on any atom is 0.129 e. The van der Waals surface area contributed by atoms with Crippen LogP contribution in [0.5, 0.6) is 0 Å². The van der Waals surface area contributed by atoms with E-state index in [2.05, 4.69) is 15.9 Å². The number of hydrogen-bond acceptors (Lipinski definition) is 1. The van der Waals surface area contributed by atoms with E-state index in [4.69, 9.17) is 0 Å². The molecule has 0 fully saturated rings. The fourth-order valence-electron chi connectivity index (χ4n) is 1.96. The molecular formula is C15H14BrFO. The molecule has 1 unspecified atom stereocenters. The van der Waals surface area contributed by atoms with Crippen LogP contribution in [0.15, 0.2) is 46.9 Å². The Balaban J connectivity index is 2.57. The van der Waals surface area contributed by atoms with Crippen molar-refractivity contribution in [3.63, 3.8) is 0 Å². The second-order valence-corrected chi connectivity index (χ2v) is 5.48. The van der Waals surface area contributed by atoms with Crippen LogP contribution in [0.1, 0.15) is 23.6 Å². The summed E-state index contributed by atoms with van der Waals surface area (Å²) in [5.41, 5.74) is 0.517. The van der Waals surface area contributed by atoms with Crippen LogP contribution in [0.3, 0.4) is 0 Å². The first-order valence-corrected chi connectivity index (χ1v) is 6.45. The van der Waals surface area contributed by atoms with Crippen LogP contribution >= 0.6 is 15.9 Å². The molecule has 0 spiro atoms. The molecule has 0 saturated carbocycles. The van der Waals surface area contributed by atoms with Crippen molar-refractivity contribution < 1.29 is 9.50 Å². The van der Waals surface area contributed by atoms with E-state index in [-0.39, 0.29) is 0 Å². The molecule has 1 atom stereocenters. The maximum atomic E-state index is 13.9. The van der Waals surface area contributed by atoms with Crippen molar-refractivity contribution in [3.8, 4) is 0 Å². The predicted molar refractivity (Wildman–Crippen MR) is 74.0 cm³/mol. The van der Waals surface area contributed by atoms with E-state index < -0.39 is 11.4 Å². The molecule has 18 heavy (non-hydrogen) atoms. The third-order valence-corrected chi connectivity index (χ3v) is 3.53. The number of aryl methyl sites for hydroxylation is 1. The maximum absolute atomic E-state index is 13.9. The van der Waals surface area contributed by atoms with E-state index in [9.17, 15) is 9.50 Å². The third-order valence-electron chi connectivity index (χ3n) is 3.03. The molecule has 0 bridgehead atoms. The van der Waals surface area contributed by atoms with Gasteiger partial charge in [-0.3, -0.25) is 0 Å². The summed E-state index contributed by atoms with van der Waals surface area (Å²) in [4.78, 5) is 0. The van der Waals surface area contributed by atoms with Crippen molar-refractivity contribution in [1.82, 2.24) is 0 Å². The van der Waals surface area contributed by atoms with Crippen molar-refractivity contribution >= 4 is 15.9 Å². The van der Waals surface area contributed by atoms with Gasteiger partial charge in [-0.25, -0.2) is 4.39 Å². The zero-order valence-corrected chi connectivity index (χ0v) is 11.8. The van der Waals surface area contributed by atoms with E-state index in [0.717, 1.165) is 10.0 Å². The van der Waals surface area contributed by atoms with Crippen LogP contribution < -0.4 is 0 Å². The van der Waals surface area contributed by atoms with Crippen LogP contribution in [-0.4, -0.2) is 5.11 Å². The lowest BCUT2D eigenvalue weighted by molar-refractivity contribution is 0.0978. The molecule has 0 amide bonds. The average Bonchev–Trinajstić information content (AvgIpc) is 2.32. The molecule has 3 heteroatoms. The second kappa shape index (κ2) is 4.82. The van der Waals surface area contributed by atoms with Crippen LogP contribution in [-0.2, 0) is 5.60 Å². The van der Waals surface area contributed by atoms with Gasteiger partial charge >= 0.3 is 0 Å². The SMILES string of the molecule is Cc1ccc(F)c(C(C)(O)c2cccc(Br)c2)c1. The first-order valence-electron chi connectivity index (χ1n) is 5.66. The fraction of sp³-hybridized carbons (Fsp3) is 0.200. The molecule has 0 radical (unpaired) electrons. The van der Waals surface area contributed by atoms with Gasteiger partial charge in [-0.1, -0.05) is 39.7 Å². The highest BCUT2D eigenvalue weighted by atomic mass is 79.9. The minimum absolute atomic E-state index is 0.292. The summed E-state index contributed by atoms with van der Waals surface area (Å²) in [7, 11) is 0. The lowest BCUT2D eigenvalue weighted by Gasteiger charge is -2.25. The van der Waals surface area contributed by atoms with Gasteiger partial charge in [-0.05, 0) is 43.7 Å². The molecule has 2 aromatic rings. The van der Waals surface area contributed by atoms with Crippen molar-refractivity contribution in [1.29, 1.82) is 0 Å². The Labute approximate surface area is 114 Å². The van der Waals surface area contributed by atoms with Gasteiger partial charge in [-0.2, -0.15) is 0 Å². The molecule has 1 nitrogen and oxygen atoms in total. The monoisotopic (exact) mass is 308 g/mol. The van der Waals surface area contributed by atoms with E-state index in [1.807, 2.05) is 19.1 Å². The minimum Gasteiger partial charge on any atom is -0.381 e. The van der Waals surface area contributed by atoms with E-state index >= 15 is 0 Å². The third kappa shape index (κ3) is 2.47. The number of rotatable bonds is 2. The first-order chi connectivity index (χ1) is 8.41. The first kappa shape index (κ1) is 13.2. The molecule has 0 aliphatic carbocycles. The lowest BCUT2D eigenvalue weighted by Crippen LogP contribution is -2.24. The Morgan fingerprint density at radius 2 is 1.89 bits per heavy atom. The highest BCUT2D eigenvalue weighted by Crippen LogP contribution is 2.32. The summed E-state index contributed by atoms with van der Waals surface area (Å²) in [6, 6.07) is 12.0. The van der Waals surface area contributed by atoms with Crippen molar-refractivity contribution in [2.75, 3.05) is 0 Å². The molecule has 0 aromatic heterocycles. The number of halogens is 2. The standard InChI is InChI=1S/C15H14BrFO/c1-10-6-7-14(17)13(8-10)15(2,18)11-4-3-5-12(16)9-11/h3-9,18H,1-2H3. The Bertz CT molecular complexity index is 578. The van der Waals surface area contributed by atoms with Gasteiger partial charge in [0.15, 0.2) is 0 Å². The summed E-state index contributed by atoms with van der Waals surface area (Å²) in [6.07, 6.45) is 0. The molecule has 0 aliphatic heterocycles. The Morgan fingerprint density at radius 1 is 1.17 bits per heavy atom. The molecule has 0 heterocycles. The smallest absolute Gasteiger partial charge is 0.129 e. The van der Waals surface area contributed by atoms with Gasteiger partial charge in [0.1, 0.15) is 11.4 Å². The molecule has 2 aromatic carbocycles. The predicted octanol–water partition coefficient (Wildman–Crippen LogP) is 4.15.